The van der Waals surface area contributed by atoms with Crippen molar-refractivity contribution in [1.29, 1.82) is 0 Å². The zero-order chi connectivity index (χ0) is 15.4. The van der Waals surface area contributed by atoms with Crippen LogP contribution in [0.15, 0.2) is 46.9 Å². The van der Waals surface area contributed by atoms with Crippen LogP contribution in [0.5, 0.6) is 0 Å². The number of halogens is 2. The molecule has 1 atom stereocenters. The van der Waals surface area contributed by atoms with E-state index in [9.17, 15) is 4.79 Å². The van der Waals surface area contributed by atoms with Crippen LogP contribution in [0.25, 0.3) is 0 Å². The molecule has 0 spiro atoms. The molecule has 0 bridgehead atoms. The van der Waals surface area contributed by atoms with Gasteiger partial charge in [-0.25, -0.2) is 0 Å². The molecule has 0 aromatic heterocycles. The molecule has 0 aliphatic rings. The van der Waals surface area contributed by atoms with Crippen molar-refractivity contribution < 1.29 is 4.79 Å². The third-order valence-electron chi connectivity index (χ3n) is 3.52. The van der Waals surface area contributed by atoms with Crippen LogP contribution in [-0.4, -0.2) is 5.91 Å². The average Bonchev–Trinajstić information content (AvgIpc) is 2.49. The Morgan fingerprint density at radius 1 is 1.24 bits per heavy atom. The van der Waals surface area contributed by atoms with Gasteiger partial charge >= 0.3 is 0 Å². The summed E-state index contributed by atoms with van der Waals surface area (Å²) in [5.41, 5.74) is 2.50. The Balaban J connectivity index is 2.14. The van der Waals surface area contributed by atoms with Gasteiger partial charge in [-0.15, -0.1) is 0 Å². The first-order chi connectivity index (χ1) is 10.0. The van der Waals surface area contributed by atoms with Crippen molar-refractivity contribution >= 4 is 39.1 Å². The van der Waals surface area contributed by atoms with Crippen LogP contribution in [-0.2, 0) is 0 Å². The zero-order valence-corrected chi connectivity index (χ0v) is 14.3. The lowest BCUT2D eigenvalue weighted by Gasteiger charge is -2.11. The fourth-order valence-electron chi connectivity index (χ4n) is 2.00. The maximum absolute atomic E-state index is 12.2. The van der Waals surface area contributed by atoms with Crippen LogP contribution in [0.2, 0.25) is 5.02 Å². The molecule has 1 amide bonds. The van der Waals surface area contributed by atoms with E-state index < -0.39 is 0 Å². The van der Waals surface area contributed by atoms with E-state index in [1.165, 1.54) is 5.56 Å². The molecule has 0 fully saturated rings. The summed E-state index contributed by atoms with van der Waals surface area (Å²) >= 11 is 9.41. The van der Waals surface area contributed by atoms with Crippen molar-refractivity contribution in [2.45, 2.75) is 26.2 Å². The van der Waals surface area contributed by atoms with Crippen molar-refractivity contribution in [2.24, 2.45) is 0 Å². The van der Waals surface area contributed by atoms with E-state index in [4.69, 9.17) is 11.6 Å². The van der Waals surface area contributed by atoms with E-state index in [1.54, 1.807) is 18.2 Å². The highest BCUT2D eigenvalue weighted by Crippen LogP contribution is 2.23. The van der Waals surface area contributed by atoms with Gasteiger partial charge in [0.25, 0.3) is 5.91 Å². The molecule has 0 aliphatic carbocycles. The quantitative estimate of drug-likeness (QED) is 0.720. The number of hydrogen-bond acceptors (Lipinski definition) is 1. The minimum absolute atomic E-state index is 0.211. The number of benzene rings is 2. The molecule has 2 nitrogen and oxygen atoms in total. The summed E-state index contributed by atoms with van der Waals surface area (Å²) in [4.78, 5) is 12.2. The molecule has 0 radical (unpaired) electrons. The molecular weight excluding hydrogens is 350 g/mol. The number of rotatable bonds is 4. The molecule has 1 N–H and O–H groups in total. The lowest BCUT2D eigenvalue weighted by molar-refractivity contribution is 0.102. The van der Waals surface area contributed by atoms with E-state index in [0.29, 0.717) is 16.5 Å². The first-order valence-electron chi connectivity index (χ1n) is 6.87. The average molecular weight is 367 g/mol. The Morgan fingerprint density at radius 2 is 1.90 bits per heavy atom. The van der Waals surface area contributed by atoms with Crippen LogP contribution in [0.4, 0.5) is 5.69 Å². The monoisotopic (exact) mass is 365 g/mol. The van der Waals surface area contributed by atoms with Crippen molar-refractivity contribution in [3.05, 3.63) is 63.1 Å². The molecule has 21 heavy (non-hydrogen) atoms. The van der Waals surface area contributed by atoms with Crippen molar-refractivity contribution in [3.63, 3.8) is 0 Å². The molecule has 110 valence electrons. The summed E-state index contributed by atoms with van der Waals surface area (Å²) in [6.45, 7) is 4.35. The van der Waals surface area contributed by atoms with Gasteiger partial charge in [0.1, 0.15) is 0 Å². The molecule has 0 aliphatic heterocycles. The number of carbonyl (C=O) groups is 1. The Hall–Kier alpha value is -1.32. The highest BCUT2D eigenvalue weighted by molar-refractivity contribution is 9.10. The van der Waals surface area contributed by atoms with Crippen LogP contribution >= 0.6 is 27.5 Å². The molecule has 4 heteroatoms. The third-order valence-corrected chi connectivity index (χ3v) is 4.35. The second kappa shape index (κ2) is 7.10. The van der Waals surface area contributed by atoms with E-state index in [0.717, 1.165) is 16.6 Å². The third kappa shape index (κ3) is 4.08. The predicted molar refractivity (Wildman–Crippen MR) is 92.3 cm³/mol. The maximum Gasteiger partial charge on any atom is 0.257 e. The summed E-state index contributed by atoms with van der Waals surface area (Å²) < 4.78 is 0.823. The Labute approximate surface area is 138 Å². The minimum atomic E-state index is -0.211. The van der Waals surface area contributed by atoms with Gasteiger partial charge in [-0.3, -0.25) is 4.79 Å². The van der Waals surface area contributed by atoms with E-state index in [1.807, 2.05) is 24.3 Å². The molecule has 0 heterocycles. The molecule has 0 saturated heterocycles. The van der Waals surface area contributed by atoms with E-state index in [2.05, 4.69) is 35.1 Å². The van der Waals surface area contributed by atoms with E-state index in [-0.39, 0.29) is 5.91 Å². The highest BCUT2D eigenvalue weighted by Gasteiger charge is 2.11. The Kier molecular flexibility index (Phi) is 5.43. The van der Waals surface area contributed by atoms with Gasteiger partial charge in [-0.05, 0) is 48.2 Å². The number of hydrogen-bond donors (Lipinski definition) is 1. The summed E-state index contributed by atoms with van der Waals surface area (Å²) in [6.07, 6.45) is 1.10. The summed E-state index contributed by atoms with van der Waals surface area (Å²) in [5.74, 6) is 0.312. The standard InChI is InChI=1S/C17H17BrClNO/c1-3-11(2)12-4-7-14(8-5-12)20-17(21)15-10-13(18)6-9-16(15)19/h4-11H,3H2,1-2H3,(H,20,21). The summed E-state index contributed by atoms with van der Waals surface area (Å²) in [6, 6.07) is 13.2. The highest BCUT2D eigenvalue weighted by atomic mass is 79.9. The molecular formula is C17H17BrClNO. The summed E-state index contributed by atoms with van der Waals surface area (Å²) in [7, 11) is 0. The predicted octanol–water partition coefficient (Wildman–Crippen LogP) is 5.87. The largest absolute Gasteiger partial charge is 0.322 e. The SMILES string of the molecule is CCC(C)c1ccc(NC(=O)c2cc(Br)ccc2Cl)cc1. The molecule has 2 aromatic carbocycles. The smallest absolute Gasteiger partial charge is 0.257 e. The maximum atomic E-state index is 12.2. The zero-order valence-electron chi connectivity index (χ0n) is 12.0. The van der Waals surface area contributed by atoms with Gasteiger partial charge < -0.3 is 5.32 Å². The summed E-state index contributed by atoms with van der Waals surface area (Å²) in [5, 5.41) is 3.30. The topological polar surface area (TPSA) is 29.1 Å². The normalized spacial score (nSPS) is 12.0. The number of amides is 1. The molecule has 1 unspecified atom stereocenters. The second-order valence-electron chi connectivity index (χ2n) is 5.01. The number of carbonyl (C=O) groups excluding carboxylic acids is 1. The van der Waals surface area contributed by atoms with Gasteiger partial charge in [-0.1, -0.05) is 53.5 Å². The lowest BCUT2D eigenvalue weighted by Crippen LogP contribution is -2.12. The van der Waals surface area contributed by atoms with Crippen molar-refractivity contribution in [2.75, 3.05) is 5.32 Å². The van der Waals surface area contributed by atoms with Gasteiger partial charge in [0.05, 0.1) is 10.6 Å². The molecule has 0 saturated carbocycles. The van der Waals surface area contributed by atoms with Crippen LogP contribution in [0.1, 0.15) is 42.1 Å². The first kappa shape index (κ1) is 16.1. The van der Waals surface area contributed by atoms with Gasteiger partial charge in [0, 0.05) is 10.2 Å². The van der Waals surface area contributed by atoms with Crippen molar-refractivity contribution in [1.82, 2.24) is 0 Å². The van der Waals surface area contributed by atoms with Crippen LogP contribution in [0.3, 0.4) is 0 Å². The Bertz CT molecular complexity index is 640. The van der Waals surface area contributed by atoms with Crippen LogP contribution in [0, 0.1) is 0 Å². The molecule has 2 rings (SSSR count). The molecule has 2 aromatic rings. The minimum Gasteiger partial charge on any atom is -0.322 e. The number of nitrogens with one attached hydrogen (secondary N) is 1. The van der Waals surface area contributed by atoms with Gasteiger partial charge in [-0.2, -0.15) is 0 Å². The second-order valence-corrected chi connectivity index (χ2v) is 6.33. The Morgan fingerprint density at radius 3 is 2.52 bits per heavy atom. The lowest BCUT2D eigenvalue weighted by atomic mass is 9.98. The fraction of sp³-hybridized carbons (Fsp3) is 0.235. The number of anilines is 1. The van der Waals surface area contributed by atoms with Crippen molar-refractivity contribution in [3.8, 4) is 0 Å². The first-order valence-corrected chi connectivity index (χ1v) is 8.04. The van der Waals surface area contributed by atoms with Gasteiger partial charge in [0.15, 0.2) is 0 Å². The van der Waals surface area contributed by atoms with Crippen LogP contribution < -0.4 is 5.32 Å². The van der Waals surface area contributed by atoms with E-state index >= 15 is 0 Å². The fourth-order valence-corrected chi connectivity index (χ4v) is 2.57. The van der Waals surface area contributed by atoms with Gasteiger partial charge in [0.2, 0.25) is 0 Å².